The molecule has 1 fully saturated rings. The van der Waals surface area contributed by atoms with Crippen molar-refractivity contribution in [2.45, 2.75) is 19.3 Å². The Bertz CT molecular complexity index is 593. The van der Waals surface area contributed by atoms with Gasteiger partial charge in [0.25, 0.3) is 5.89 Å². The SMILES string of the molecule is Nc1c(Cl)ccc(Cl)c1-c1nc(CC2CC2)no1. The Morgan fingerprint density at radius 3 is 2.72 bits per heavy atom. The number of aromatic nitrogens is 2. The summed E-state index contributed by atoms with van der Waals surface area (Å²) in [7, 11) is 0. The zero-order chi connectivity index (χ0) is 12.7. The molecule has 0 unspecified atom stereocenters. The standard InChI is InChI=1S/C12H11Cl2N3O/c13-7-3-4-8(14)11(15)10(7)12-16-9(17-18-12)5-6-1-2-6/h3-4,6H,1-2,5,15H2. The lowest BCUT2D eigenvalue weighted by atomic mass is 10.2. The van der Waals surface area contributed by atoms with Crippen molar-refractivity contribution in [3.63, 3.8) is 0 Å². The molecule has 18 heavy (non-hydrogen) atoms. The minimum absolute atomic E-state index is 0.329. The molecule has 1 aliphatic carbocycles. The number of anilines is 1. The molecule has 1 saturated carbocycles. The van der Waals surface area contributed by atoms with Gasteiger partial charge in [-0.3, -0.25) is 0 Å². The molecule has 1 aliphatic rings. The topological polar surface area (TPSA) is 64.9 Å². The van der Waals surface area contributed by atoms with Crippen molar-refractivity contribution in [2.24, 2.45) is 5.92 Å². The van der Waals surface area contributed by atoms with E-state index < -0.39 is 0 Å². The van der Waals surface area contributed by atoms with E-state index in [-0.39, 0.29) is 0 Å². The fraction of sp³-hybridized carbons (Fsp3) is 0.333. The number of rotatable bonds is 3. The van der Waals surface area contributed by atoms with Gasteiger partial charge < -0.3 is 10.3 Å². The fourth-order valence-corrected chi connectivity index (χ4v) is 2.21. The summed E-state index contributed by atoms with van der Waals surface area (Å²) in [6.45, 7) is 0. The first-order valence-corrected chi connectivity index (χ1v) is 6.47. The van der Waals surface area contributed by atoms with Crippen molar-refractivity contribution in [3.8, 4) is 11.5 Å². The quantitative estimate of drug-likeness (QED) is 0.875. The van der Waals surface area contributed by atoms with Crippen LogP contribution < -0.4 is 5.73 Å². The Labute approximate surface area is 114 Å². The predicted molar refractivity (Wildman–Crippen MR) is 70.6 cm³/mol. The van der Waals surface area contributed by atoms with Crippen LogP contribution in [0.15, 0.2) is 16.7 Å². The highest BCUT2D eigenvalue weighted by Crippen LogP contribution is 2.37. The summed E-state index contributed by atoms with van der Waals surface area (Å²) in [6, 6.07) is 3.31. The van der Waals surface area contributed by atoms with Crippen LogP contribution in [0.3, 0.4) is 0 Å². The van der Waals surface area contributed by atoms with Crippen LogP contribution in [-0.4, -0.2) is 10.1 Å². The molecule has 0 spiro atoms. The molecule has 0 saturated heterocycles. The van der Waals surface area contributed by atoms with Crippen molar-refractivity contribution in [3.05, 3.63) is 28.0 Å². The number of halogens is 2. The van der Waals surface area contributed by atoms with Crippen molar-refractivity contribution >= 4 is 28.9 Å². The van der Waals surface area contributed by atoms with Gasteiger partial charge in [-0.1, -0.05) is 28.4 Å². The van der Waals surface area contributed by atoms with Gasteiger partial charge in [0.2, 0.25) is 0 Å². The molecular weight excluding hydrogens is 273 g/mol. The Balaban J connectivity index is 1.98. The number of nitrogen functional groups attached to an aromatic ring is 1. The average Bonchev–Trinajstić information content (AvgIpc) is 3.03. The summed E-state index contributed by atoms with van der Waals surface area (Å²) in [5.41, 5.74) is 6.77. The second-order valence-corrected chi connectivity index (χ2v) is 5.30. The van der Waals surface area contributed by atoms with Crippen molar-refractivity contribution in [1.82, 2.24) is 10.1 Å². The predicted octanol–water partition coefficient (Wildman–Crippen LogP) is 3.58. The van der Waals surface area contributed by atoms with Gasteiger partial charge in [0.05, 0.1) is 21.3 Å². The van der Waals surface area contributed by atoms with E-state index in [1.54, 1.807) is 12.1 Å². The summed E-state index contributed by atoms with van der Waals surface area (Å²) in [6.07, 6.45) is 3.33. The van der Waals surface area contributed by atoms with Gasteiger partial charge in [0.1, 0.15) is 0 Å². The third-order valence-electron chi connectivity index (χ3n) is 2.99. The van der Waals surface area contributed by atoms with Gasteiger partial charge in [0, 0.05) is 6.42 Å². The maximum Gasteiger partial charge on any atom is 0.261 e. The number of benzene rings is 1. The Morgan fingerprint density at radius 1 is 1.28 bits per heavy atom. The molecule has 6 heteroatoms. The van der Waals surface area contributed by atoms with Crippen molar-refractivity contribution in [2.75, 3.05) is 5.73 Å². The van der Waals surface area contributed by atoms with E-state index in [1.807, 2.05) is 0 Å². The Hall–Kier alpha value is -1.26. The molecule has 1 aromatic heterocycles. The van der Waals surface area contributed by atoms with E-state index in [0.29, 0.717) is 38.9 Å². The van der Waals surface area contributed by atoms with Crippen LogP contribution >= 0.6 is 23.2 Å². The number of hydrogen-bond donors (Lipinski definition) is 1. The van der Waals surface area contributed by atoms with Gasteiger partial charge in [-0.25, -0.2) is 0 Å². The van der Waals surface area contributed by atoms with Crippen LogP contribution in [0.25, 0.3) is 11.5 Å². The van der Waals surface area contributed by atoms with Crippen LogP contribution in [-0.2, 0) is 6.42 Å². The molecule has 3 rings (SSSR count). The molecule has 2 aromatic rings. The molecule has 0 radical (unpaired) electrons. The maximum atomic E-state index is 6.10. The van der Waals surface area contributed by atoms with Crippen LogP contribution in [0, 0.1) is 5.92 Å². The average molecular weight is 284 g/mol. The van der Waals surface area contributed by atoms with Gasteiger partial charge in [0.15, 0.2) is 5.82 Å². The summed E-state index contributed by atoms with van der Waals surface area (Å²) >= 11 is 12.1. The summed E-state index contributed by atoms with van der Waals surface area (Å²) in [5.74, 6) is 1.72. The van der Waals surface area contributed by atoms with E-state index in [1.165, 1.54) is 12.8 Å². The highest BCUT2D eigenvalue weighted by atomic mass is 35.5. The highest BCUT2D eigenvalue weighted by molar-refractivity contribution is 6.37. The molecule has 94 valence electrons. The van der Waals surface area contributed by atoms with Gasteiger partial charge >= 0.3 is 0 Å². The third-order valence-corrected chi connectivity index (χ3v) is 3.64. The molecule has 0 atom stereocenters. The lowest BCUT2D eigenvalue weighted by Crippen LogP contribution is -1.93. The highest BCUT2D eigenvalue weighted by Gasteiger charge is 2.25. The Kier molecular flexibility index (Phi) is 2.92. The Morgan fingerprint density at radius 2 is 2.00 bits per heavy atom. The first-order valence-electron chi connectivity index (χ1n) is 5.71. The van der Waals surface area contributed by atoms with Crippen molar-refractivity contribution < 1.29 is 4.52 Å². The van der Waals surface area contributed by atoms with Crippen LogP contribution in [0.5, 0.6) is 0 Å². The van der Waals surface area contributed by atoms with E-state index >= 15 is 0 Å². The summed E-state index contributed by atoms with van der Waals surface area (Å²) in [4.78, 5) is 4.32. The molecular formula is C12H11Cl2N3O. The third kappa shape index (κ3) is 2.18. The van der Waals surface area contributed by atoms with Crippen LogP contribution in [0.1, 0.15) is 18.7 Å². The lowest BCUT2D eigenvalue weighted by molar-refractivity contribution is 0.421. The lowest BCUT2D eigenvalue weighted by Gasteiger charge is -2.04. The number of nitrogens with zero attached hydrogens (tertiary/aromatic N) is 2. The second kappa shape index (κ2) is 4.44. The zero-order valence-electron chi connectivity index (χ0n) is 9.49. The smallest absolute Gasteiger partial charge is 0.261 e. The van der Waals surface area contributed by atoms with Crippen molar-refractivity contribution in [1.29, 1.82) is 0 Å². The minimum Gasteiger partial charge on any atom is -0.397 e. The molecule has 0 amide bonds. The van der Waals surface area contributed by atoms with Crippen LogP contribution in [0.4, 0.5) is 5.69 Å². The molecule has 0 aliphatic heterocycles. The molecule has 2 N–H and O–H groups in total. The first kappa shape index (κ1) is 11.8. The van der Waals surface area contributed by atoms with Crippen LogP contribution in [0.2, 0.25) is 10.0 Å². The monoisotopic (exact) mass is 283 g/mol. The fourth-order valence-electron chi connectivity index (χ4n) is 1.80. The second-order valence-electron chi connectivity index (χ2n) is 4.48. The van der Waals surface area contributed by atoms with E-state index in [9.17, 15) is 0 Å². The minimum atomic E-state index is 0.329. The number of nitrogens with two attached hydrogens (primary N) is 1. The largest absolute Gasteiger partial charge is 0.397 e. The first-order chi connectivity index (χ1) is 8.65. The van der Waals surface area contributed by atoms with Gasteiger partial charge in [-0.15, -0.1) is 0 Å². The van der Waals surface area contributed by atoms with E-state index in [4.69, 9.17) is 33.5 Å². The zero-order valence-corrected chi connectivity index (χ0v) is 11.0. The van der Waals surface area contributed by atoms with E-state index in [0.717, 1.165) is 6.42 Å². The molecule has 4 nitrogen and oxygen atoms in total. The molecule has 0 bridgehead atoms. The summed E-state index contributed by atoms with van der Waals surface area (Å²) < 4.78 is 5.21. The van der Waals surface area contributed by atoms with Gasteiger partial charge in [-0.05, 0) is 30.9 Å². The van der Waals surface area contributed by atoms with Gasteiger partial charge in [-0.2, -0.15) is 4.98 Å². The normalized spacial score (nSPS) is 15.0. The van der Waals surface area contributed by atoms with E-state index in [2.05, 4.69) is 10.1 Å². The molecule has 1 heterocycles. The maximum absolute atomic E-state index is 6.10. The number of hydrogen-bond acceptors (Lipinski definition) is 4. The summed E-state index contributed by atoms with van der Waals surface area (Å²) in [5, 5.41) is 4.83. The molecule has 1 aromatic carbocycles.